The van der Waals surface area contributed by atoms with Gasteiger partial charge in [-0.05, 0) is 44.2 Å². The summed E-state index contributed by atoms with van der Waals surface area (Å²) in [6.45, 7) is 3.58. The molecule has 0 atom stereocenters. The van der Waals surface area contributed by atoms with E-state index in [1.54, 1.807) is 73.7 Å². The van der Waals surface area contributed by atoms with Crippen LogP contribution in [0.25, 0.3) is 10.9 Å². The highest BCUT2D eigenvalue weighted by molar-refractivity contribution is 7.92. The standard InChI is InChI=1S/C23H20N4O3S/c1-16-11-13-19(14-12-16)31(29,30)26-21-9-5-3-7-18(21)15-24-27-17(2)25-22-10-6-4-8-20(22)23(27)28/h3-15,26H,1-2H3. The number of rotatable bonds is 5. The summed E-state index contributed by atoms with van der Waals surface area (Å²) in [5.41, 5.74) is 2.14. The van der Waals surface area contributed by atoms with Gasteiger partial charge in [0.25, 0.3) is 15.6 Å². The lowest BCUT2D eigenvalue weighted by Gasteiger charge is -2.11. The third kappa shape index (κ3) is 4.24. The minimum absolute atomic E-state index is 0.163. The molecule has 31 heavy (non-hydrogen) atoms. The molecule has 1 N–H and O–H groups in total. The number of anilines is 1. The molecule has 0 unspecified atom stereocenters. The molecule has 7 nitrogen and oxygen atoms in total. The lowest BCUT2D eigenvalue weighted by atomic mass is 10.2. The summed E-state index contributed by atoms with van der Waals surface area (Å²) in [6, 6.07) is 20.5. The number of nitrogens with zero attached hydrogens (tertiary/aromatic N) is 3. The van der Waals surface area contributed by atoms with E-state index in [-0.39, 0.29) is 10.5 Å². The van der Waals surface area contributed by atoms with Crippen molar-refractivity contribution in [1.82, 2.24) is 9.66 Å². The van der Waals surface area contributed by atoms with E-state index >= 15 is 0 Å². The molecule has 1 aromatic heterocycles. The Morgan fingerprint density at radius 1 is 0.935 bits per heavy atom. The maximum Gasteiger partial charge on any atom is 0.282 e. The third-order valence-corrected chi connectivity index (χ3v) is 6.15. The predicted molar refractivity (Wildman–Crippen MR) is 122 cm³/mol. The molecule has 0 aliphatic heterocycles. The fraction of sp³-hybridized carbons (Fsp3) is 0.0870. The average molecular weight is 433 g/mol. The summed E-state index contributed by atoms with van der Waals surface area (Å²) in [4.78, 5) is 17.4. The molecule has 8 heteroatoms. The minimum atomic E-state index is -3.77. The van der Waals surface area contributed by atoms with E-state index in [0.29, 0.717) is 28.0 Å². The topological polar surface area (TPSA) is 93.4 Å². The normalized spacial score (nSPS) is 11.8. The van der Waals surface area contributed by atoms with E-state index in [0.717, 1.165) is 5.56 Å². The quantitative estimate of drug-likeness (QED) is 0.487. The Kier molecular flexibility index (Phi) is 5.39. The van der Waals surface area contributed by atoms with Crippen molar-refractivity contribution in [3.63, 3.8) is 0 Å². The fourth-order valence-electron chi connectivity index (χ4n) is 3.11. The van der Waals surface area contributed by atoms with Crippen LogP contribution >= 0.6 is 0 Å². The van der Waals surface area contributed by atoms with Crippen LogP contribution in [-0.2, 0) is 10.0 Å². The van der Waals surface area contributed by atoms with Crippen molar-refractivity contribution in [2.45, 2.75) is 18.7 Å². The lowest BCUT2D eigenvalue weighted by Crippen LogP contribution is -2.20. The zero-order chi connectivity index (χ0) is 22.0. The largest absolute Gasteiger partial charge is 0.282 e. The van der Waals surface area contributed by atoms with Gasteiger partial charge < -0.3 is 0 Å². The highest BCUT2D eigenvalue weighted by Crippen LogP contribution is 2.19. The molecule has 0 aliphatic rings. The first-order valence-corrected chi connectivity index (χ1v) is 11.0. The van der Waals surface area contributed by atoms with Crippen molar-refractivity contribution in [2.24, 2.45) is 5.10 Å². The summed E-state index contributed by atoms with van der Waals surface area (Å²) in [5, 5.41) is 4.74. The molecule has 0 amide bonds. The van der Waals surface area contributed by atoms with E-state index in [9.17, 15) is 13.2 Å². The molecule has 156 valence electrons. The van der Waals surface area contributed by atoms with Crippen LogP contribution in [0.15, 0.2) is 87.6 Å². The summed E-state index contributed by atoms with van der Waals surface area (Å²) < 4.78 is 29.3. The van der Waals surface area contributed by atoms with Crippen LogP contribution in [0, 0.1) is 13.8 Å². The number of hydrogen-bond acceptors (Lipinski definition) is 5. The van der Waals surface area contributed by atoms with Crippen molar-refractivity contribution in [2.75, 3.05) is 4.72 Å². The van der Waals surface area contributed by atoms with Crippen molar-refractivity contribution < 1.29 is 8.42 Å². The van der Waals surface area contributed by atoms with Gasteiger partial charge in [-0.15, -0.1) is 0 Å². The van der Waals surface area contributed by atoms with Gasteiger partial charge in [-0.1, -0.05) is 48.0 Å². The molecule has 4 rings (SSSR count). The molecule has 0 fully saturated rings. The Labute approximate surface area is 179 Å². The van der Waals surface area contributed by atoms with Crippen LogP contribution in [0.2, 0.25) is 0 Å². The molecule has 4 aromatic rings. The molecular formula is C23H20N4O3S. The molecular weight excluding hydrogens is 412 g/mol. The van der Waals surface area contributed by atoms with Gasteiger partial charge in [0.15, 0.2) is 0 Å². The average Bonchev–Trinajstić information content (AvgIpc) is 2.75. The van der Waals surface area contributed by atoms with E-state index in [2.05, 4.69) is 14.8 Å². The lowest BCUT2D eigenvalue weighted by molar-refractivity contribution is 0.601. The summed E-state index contributed by atoms with van der Waals surface area (Å²) in [5.74, 6) is 0.428. The predicted octanol–water partition coefficient (Wildman–Crippen LogP) is 3.70. The molecule has 0 saturated heterocycles. The molecule has 0 bridgehead atoms. The number of hydrogen-bond donors (Lipinski definition) is 1. The van der Waals surface area contributed by atoms with Gasteiger partial charge in [0.05, 0.1) is 27.7 Å². The summed E-state index contributed by atoms with van der Waals surface area (Å²) in [7, 11) is -3.77. The van der Waals surface area contributed by atoms with Gasteiger partial charge in [0, 0.05) is 5.56 Å². The van der Waals surface area contributed by atoms with Crippen LogP contribution in [0.4, 0.5) is 5.69 Å². The second-order valence-electron chi connectivity index (χ2n) is 7.04. The van der Waals surface area contributed by atoms with Crippen molar-refractivity contribution in [1.29, 1.82) is 0 Å². The molecule has 1 heterocycles. The SMILES string of the molecule is Cc1ccc(S(=O)(=O)Nc2ccccc2C=Nn2c(C)nc3ccccc3c2=O)cc1. The first kappa shape index (κ1) is 20.5. The molecule has 3 aromatic carbocycles. The van der Waals surface area contributed by atoms with Gasteiger partial charge in [-0.3, -0.25) is 9.52 Å². The Morgan fingerprint density at radius 2 is 1.61 bits per heavy atom. The van der Waals surface area contributed by atoms with Crippen LogP contribution in [0.1, 0.15) is 17.0 Å². The monoisotopic (exact) mass is 432 g/mol. The van der Waals surface area contributed by atoms with Gasteiger partial charge in [-0.2, -0.15) is 9.78 Å². The molecule has 0 radical (unpaired) electrons. The van der Waals surface area contributed by atoms with Crippen LogP contribution in [0.5, 0.6) is 0 Å². The maximum absolute atomic E-state index is 12.8. The minimum Gasteiger partial charge on any atom is -0.279 e. The first-order valence-electron chi connectivity index (χ1n) is 9.56. The maximum atomic E-state index is 12.8. The van der Waals surface area contributed by atoms with Crippen LogP contribution in [0.3, 0.4) is 0 Å². The van der Waals surface area contributed by atoms with Crippen LogP contribution in [-0.4, -0.2) is 24.3 Å². The number of para-hydroxylation sites is 2. The zero-order valence-corrected chi connectivity index (χ0v) is 17.8. The Morgan fingerprint density at radius 3 is 2.39 bits per heavy atom. The second-order valence-corrected chi connectivity index (χ2v) is 8.73. The smallest absolute Gasteiger partial charge is 0.279 e. The number of sulfonamides is 1. The van der Waals surface area contributed by atoms with Gasteiger partial charge in [0.1, 0.15) is 5.82 Å². The van der Waals surface area contributed by atoms with Crippen molar-refractivity contribution in [3.05, 3.63) is 100 Å². The fourth-order valence-corrected chi connectivity index (χ4v) is 4.20. The van der Waals surface area contributed by atoms with Crippen molar-refractivity contribution >= 4 is 32.8 Å². The molecule has 0 spiro atoms. The Hall–Kier alpha value is -3.78. The van der Waals surface area contributed by atoms with E-state index < -0.39 is 10.0 Å². The van der Waals surface area contributed by atoms with Crippen molar-refractivity contribution in [3.8, 4) is 0 Å². The van der Waals surface area contributed by atoms with Gasteiger partial charge in [0.2, 0.25) is 0 Å². The number of aromatic nitrogens is 2. The highest BCUT2D eigenvalue weighted by Gasteiger charge is 2.15. The Balaban J connectivity index is 1.70. The van der Waals surface area contributed by atoms with E-state index in [1.165, 1.54) is 10.9 Å². The van der Waals surface area contributed by atoms with E-state index in [1.807, 2.05) is 13.0 Å². The molecule has 0 saturated carbocycles. The van der Waals surface area contributed by atoms with Gasteiger partial charge >= 0.3 is 0 Å². The summed E-state index contributed by atoms with van der Waals surface area (Å²) in [6.07, 6.45) is 1.44. The zero-order valence-electron chi connectivity index (χ0n) is 17.0. The third-order valence-electron chi connectivity index (χ3n) is 4.76. The molecule has 0 aliphatic carbocycles. The van der Waals surface area contributed by atoms with Gasteiger partial charge in [-0.25, -0.2) is 13.4 Å². The number of fused-ring (bicyclic) bond motifs is 1. The highest BCUT2D eigenvalue weighted by atomic mass is 32.2. The van der Waals surface area contributed by atoms with E-state index in [4.69, 9.17) is 0 Å². The number of aryl methyl sites for hydroxylation is 2. The Bertz CT molecular complexity index is 1460. The number of benzene rings is 3. The number of nitrogens with one attached hydrogen (secondary N) is 1. The second kappa shape index (κ2) is 8.16. The first-order chi connectivity index (χ1) is 14.8. The van der Waals surface area contributed by atoms with Crippen LogP contribution < -0.4 is 10.3 Å². The summed E-state index contributed by atoms with van der Waals surface area (Å²) >= 11 is 0.